The molecule has 30 heavy (non-hydrogen) atoms. The molecule has 0 spiro atoms. The van der Waals surface area contributed by atoms with Gasteiger partial charge in [-0.05, 0) is 50.3 Å². The minimum atomic E-state index is -2.91. The van der Waals surface area contributed by atoms with Crippen LogP contribution in [0.25, 0.3) is 0 Å². The molecule has 0 bridgehead atoms. The van der Waals surface area contributed by atoms with Crippen molar-refractivity contribution >= 4 is 39.8 Å². The largest absolute Gasteiger partial charge is 0.357 e. The van der Waals surface area contributed by atoms with Crippen LogP contribution in [-0.4, -0.2) is 70.1 Å². The lowest BCUT2D eigenvalue weighted by atomic mass is 9.96. The molecule has 1 heterocycles. The molecular formula is C21H34FIN4O2S. The van der Waals surface area contributed by atoms with Crippen LogP contribution in [0.3, 0.4) is 0 Å². The highest BCUT2D eigenvalue weighted by atomic mass is 127. The van der Waals surface area contributed by atoms with E-state index in [1.54, 1.807) is 12.1 Å². The van der Waals surface area contributed by atoms with Gasteiger partial charge in [-0.2, -0.15) is 0 Å². The molecule has 1 aromatic rings. The molecule has 2 fully saturated rings. The zero-order chi connectivity index (χ0) is 20.9. The van der Waals surface area contributed by atoms with Crippen molar-refractivity contribution in [2.24, 2.45) is 4.99 Å². The van der Waals surface area contributed by atoms with Gasteiger partial charge in [0.1, 0.15) is 15.7 Å². The predicted octanol–water partition coefficient (Wildman–Crippen LogP) is 2.54. The number of nitrogens with one attached hydrogen (secondary N) is 2. The van der Waals surface area contributed by atoms with E-state index in [4.69, 9.17) is 4.99 Å². The molecule has 1 aliphatic carbocycles. The summed E-state index contributed by atoms with van der Waals surface area (Å²) in [5.74, 6) is 0.840. The van der Waals surface area contributed by atoms with E-state index in [1.807, 2.05) is 13.0 Å². The molecule has 1 aliphatic heterocycles. The van der Waals surface area contributed by atoms with E-state index in [0.717, 1.165) is 56.8 Å². The normalized spacial score (nSPS) is 19.8. The van der Waals surface area contributed by atoms with Gasteiger partial charge in [0.15, 0.2) is 5.96 Å². The zero-order valence-corrected chi connectivity index (χ0v) is 21.0. The summed E-state index contributed by atoms with van der Waals surface area (Å²) in [6.45, 7) is 5.87. The average Bonchev–Trinajstić information content (AvgIpc) is 3.46. The molecule has 1 aromatic carbocycles. The first-order valence-corrected chi connectivity index (χ1v) is 12.6. The zero-order valence-electron chi connectivity index (χ0n) is 17.9. The van der Waals surface area contributed by atoms with Gasteiger partial charge in [0.2, 0.25) is 0 Å². The van der Waals surface area contributed by atoms with E-state index in [2.05, 4.69) is 15.5 Å². The van der Waals surface area contributed by atoms with Gasteiger partial charge in [0.25, 0.3) is 0 Å². The second-order valence-electron chi connectivity index (χ2n) is 8.38. The summed E-state index contributed by atoms with van der Waals surface area (Å²) < 4.78 is 36.3. The first kappa shape index (κ1) is 25.3. The highest BCUT2D eigenvalue weighted by Gasteiger charge is 2.44. The van der Waals surface area contributed by atoms with Crippen molar-refractivity contribution < 1.29 is 12.8 Å². The van der Waals surface area contributed by atoms with Gasteiger partial charge in [-0.1, -0.05) is 12.1 Å². The molecule has 0 unspecified atom stereocenters. The molecule has 1 saturated carbocycles. The monoisotopic (exact) mass is 552 g/mol. The van der Waals surface area contributed by atoms with E-state index in [1.165, 1.54) is 12.3 Å². The van der Waals surface area contributed by atoms with Crippen molar-refractivity contribution in [3.8, 4) is 0 Å². The molecule has 170 valence electrons. The van der Waals surface area contributed by atoms with Gasteiger partial charge >= 0.3 is 0 Å². The number of likely N-dealkylation sites (tertiary alicyclic amines) is 1. The number of benzene rings is 1. The third-order valence-corrected chi connectivity index (χ3v) is 6.81. The molecule has 1 saturated heterocycles. The predicted molar refractivity (Wildman–Crippen MR) is 131 cm³/mol. The molecule has 0 aromatic heterocycles. The third-order valence-electron chi connectivity index (χ3n) is 5.88. The Bertz CT molecular complexity index is 822. The Labute approximate surface area is 197 Å². The molecule has 0 atom stereocenters. The van der Waals surface area contributed by atoms with Crippen molar-refractivity contribution in [1.29, 1.82) is 0 Å². The smallest absolute Gasteiger partial charge is 0.191 e. The van der Waals surface area contributed by atoms with Gasteiger partial charge in [0.05, 0.1) is 12.3 Å². The summed E-state index contributed by atoms with van der Waals surface area (Å²) in [6.07, 6.45) is 5.29. The minimum absolute atomic E-state index is 0. The lowest BCUT2D eigenvalue weighted by molar-refractivity contribution is 0.216. The van der Waals surface area contributed by atoms with Crippen LogP contribution in [0.2, 0.25) is 0 Å². The van der Waals surface area contributed by atoms with Crippen molar-refractivity contribution in [2.75, 3.05) is 44.7 Å². The number of piperidine rings is 1. The van der Waals surface area contributed by atoms with Crippen LogP contribution >= 0.6 is 24.0 Å². The van der Waals surface area contributed by atoms with Gasteiger partial charge in [0, 0.05) is 43.9 Å². The summed E-state index contributed by atoms with van der Waals surface area (Å²) in [5.41, 5.74) is 1.01. The molecule has 2 aliphatic rings. The fourth-order valence-corrected chi connectivity index (χ4v) is 4.44. The summed E-state index contributed by atoms with van der Waals surface area (Å²) in [4.78, 5) is 7.03. The number of nitrogens with zero attached hydrogens (tertiary/aromatic N) is 2. The Morgan fingerprint density at radius 2 is 2.00 bits per heavy atom. The Morgan fingerprint density at radius 1 is 1.30 bits per heavy atom. The maximum absolute atomic E-state index is 13.6. The minimum Gasteiger partial charge on any atom is -0.357 e. The second kappa shape index (κ2) is 11.1. The second-order valence-corrected chi connectivity index (χ2v) is 10.6. The molecule has 0 radical (unpaired) electrons. The molecule has 6 nitrogen and oxygen atoms in total. The van der Waals surface area contributed by atoms with Crippen LogP contribution in [-0.2, 0) is 15.3 Å². The van der Waals surface area contributed by atoms with E-state index in [9.17, 15) is 12.8 Å². The van der Waals surface area contributed by atoms with Crippen LogP contribution in [0, 0.1) is 5.82 Å². The first-order chi connectivity index (χ1) is 13.8. The van der Waals surface area contributed by atoms with Crippen LogP contribution in [0.1, 0.15) is 38.2 Å². The molecule has 2 N–H and O–H groups in total. The standard InChI is InChI=1S/C21H33FN4O2S.HI/c1-3-23-20(24-16-21(9-10-21)17-5-4-6-18(22)15-17)25-19-7-11-26(12-8-19)13-14-29(2,27)28;/h4-6,15,19H,3,7-14,16H2,1-2H3,(H2,23,24,25);1H. The quantitative estimate of drug-likeness (QED) is 0.295. The van der Waals surface area contributed by atoms with E-state index < -0.39 is 9.84 Å². The van der Waals surface area contributed by atoms with Gasteiger partial charge < -0.3 is 15.5 Å². The van der Waals surface area contributed by atoms with Crippen molar-refractivity contribution in [3.63, 3.8) is 0 Å². The fourth-order valence-electron chi connectivity index (χ4n) is 3.85. The van der Waals surface area contributed by atoms with E-state index >= 15 is 0 Å². The number of hydrogen-bond donors (Lipinski definition) is 2. The van der Waals surface area contributed by atoms with Crippen molar-refractivity contribution in [3.05, 3.63) is 35.6 Å². The lowest BCUT2D eigenvalue weighted by Crippen LogP contribution is -2.49. The number of halogens is 2. The van der Waals surface area contributed by atoms with Crippen LogP contribution in [0.4, 0.5) is 4.39 Å². The number of aliphatic imine (C=N–C) groups is 1. The van der Waals surface area contributed by atoms with Crippen molar-refractivity contribution in [1.82, 2.24) is 15.5 Å². The average molecular weight is 552 g/mol. The topological polar surface area (TPSA) is 73.8 Å². The first-order valence-electron chi connectivity index (χ1n) is 10.5. The van der Waals surface area contributed by atoms with Crippen LogP contribution < -0.4 is 10.6 Å². The van der Waals surface area contributed by atoms with E-state index in [-0.39, 0.29) is 41.0 Å². The summed E-state index contributed by atoms with van der Waals surface area (Å²) >= 11 is 0. The SMILES string of the molecule is CCNC(=NCC1(c2cccc(F)c2)CC1)NC1CCN(CCS(C)(=O)=O)CC1.I. The Balaban J connectivity index is 0.00000320. The highest BCUT2D eigenvalue weighted by Crippen LogP contribution is 2.48. The fraction of sp³-hybridized carbons (Fsp3) is 0.667. The Morgan fingerprint density at radius 3 is 2.57 bits per heavy atom. The summed E-state index contributed by atoms with van der Waals surface area (Å²) in [6, 6.07) is 7.21. The number of sulfone groups is 1. The maximum Gasteiger partial charge on any atom is 0.191 e. The number of hydrogen-bond acceptors (Lipinski definition) is 4. The number of rotatable bonds is 8. The Kier molecular flexibility index (Phi) is 9.35. The summed E-state index contributed by atoms with van der Waals surface area (Å²) in [5, 5.41) is 6.85. The molecule has 9 heteroatoms. The lowest BCUT2D eigenvalue weighted by Gasteiger charge is -2.33. The highest BCUT2D eigenvalue weighted by molar-refractivity contribution is 14.0. The summed E-state index contributed by atoms with van der Waals surface area (Å²) in [7, 11) is -2.91. The number of guanidine groups is 1. The molecular weight excluding hydrogens is 518 g/mol. The van der Waals surface area contributed by atoms with Gasteiger partial charge in [-0.3, -0.25) is 4.99 Å². The van der Waals surface area contributed by atoms with Gasteiger partial charge in [-0.25, -0.2) is 12.8 Å². The Hall–Kier alpha value is -0.940. The van der Waals surface area contributed by atoms with Crippen LogP contribution in [0.5, 0.6) is 0 Å². The van der Waals surface area contributed by atoms with Crippen molar-refractivity contribution in [2.45, 2.75) is 44.1 Å². The maximum atomic E-state index is 13.6. The third kappa shape index (κ3) is 7.64. The van der Waals surface area contributed by atoms with E-state index in [0.29, 0.717) is 19.1 Å². The van der Waals surface area contributed by atoms with Crippen LogP contribution in [0.15, 0.2) is 29.3 Å². The molecule has 3 rings (SSSR count). The molecule has 0 amide bonds. The van der Waals surface area contributed by atoms with Gasteiger partial charge in [-0.15, -0.1) is 24.0 Å².